The van der Waals surface area contributed by atoms with E-state index in [2.05, 4.69) is 25.5 Å². The Kier molecular flexibility index (Phi) is 6.83. The van der Waals surface area contributed by atoms with E-state index >= 15 is 0 Å². The van der Waals surface area contributed by atoms with Gasteiger partial charge in [-0.15, -0.1) is 11.3 Å². The van der Waals surface area contributed by atoms with Gasteiger partial charge in [-0.3, -0.25) is 9.69 Å². The molecule has 30 heavy (non-hydrogen) atoms. The van der Waals surface area contributed by atoms with Crippen molar-refractivity contribution in [2.75, 3.05) is 51.3 Å². The number of halogens is 1. The van der Waals surface area contributed by atoms with E-state index in [-0.39, 0.29) is 11.7 Å². The third kappa shape index (κ3) is 5.10. The number of thiophene rings is 1. The average molecular weight is 430 g/mol. The summed E-state index contributed by atoms with van der Waals surface area (Å²) in [6.45, 7) is 5.28. The van der Waals surface area contributed by atoms with E-state index in [1.807, 2.05) is 5.38 Å². The molecule has 2 N–H and O–H groups in total. The van der Waals surface area contributed by atoms with Crippen LogP contribution in [0.15, 0.2) is 36.0 Å². The number of amides is 1. The van der Waals surface area contributed by atoms with E-state index in [4.69, 9.17) is 4.74 Å². The van der Waals surface area contributed by atoms with Crippen LogP contribution in [0.5, 0.6) is 0 Å². The van der Waals surface area contributed by atoms with Crippen molar-refractivity contribution in [2.45, 2.75) is 6.42 Å². The van der Waals surface area contributed by atoms with Gasteiger partial charge in [-0.1, -0.05) is 12.1 Å². The van der Waals surface area contributed by atoms with Crippen molar-refractivity contribution in [1.82, 2.24) is 20.2 Å². The Morgan fingerprint density at radius 1 is 1.17 bits per heavy atom. The molecule has 1 aliphatic rings. The summed E-state index contributed by atoms with van der Waals surface area (Å²) >= 11 is 1.51. The highest BCUT2D eigenvalue weighted by atomic mass is 32.1. The summed E-state index contributed by atoms with van der Waals surface area (Å²) in [7, 11) is 0. The molecule has 3 aromatic rings. The number of nitrogens with one attached hydrogen (secondary N) is 2. The first-order valence-electron chi connectivity index (χ1n) is 9.99. The second kappa shape index (κ2) is 9.92. The van der Waals surface area contributed by atoms with Crippen LogP contribution in [0.4, 0.5) is 10.2 Å². The Labute approximate surface area is 178 Å². The molecular weight excluding hydrogens is 405 g/mol. The highest BCUT2D eigenvalue weighted by Crippen LogP contribution is 2.36. The SMILES string of the molecule is O=C(CCNc1ncnc2scc(-c3ccc(F)cc3)c12)NCCN1CCOCC1. The normalized spacial score (nSPS) is 14.7. The lowest BCUT2D eigenvalue weighted by Crippen LogP contribution is -2.41. The molecule has 0 saturated carbocycles. The Morgan fingerprint density at radius 3 is 2.77 bits per heavy atom. The molecule has 0 spiro atoms. The number of hydrogen-bond acceptors (Lipinski definition) is 7. The zero-order chi connectivity index (χ0) is 20.8. The van der Waals surface area contributed by atoms with Crippen LogP contribution < -0.4 is 10.6 Å². The van der Waals surface area contributed by atoms with Gasteiger partial charge < -0.3 is 15.4 Å². The molecule has 158 valence electrons. The van der Waals surface area contributed by atoms with Gasteiger partial charge in [-0.25, -0.2) is 14.4 Å². The fourth-order valence-corrected chi connectivity index (χ4v) is 4.33. The molecule has 4 rings (SSSR count). The molecule has 1 amide bonds. The highest BCUT2D eigenvalue weighted by Gasteiger charge is 2.14. The van der Waals surface area contributed by atoms with Crippen molar-refractivity contribution in [3.63, 3.8) is 0 Å². The van der Waals surface area contributed by atoms with E-state index in [1.165, 1.54) is 29.8 Å². The molecule has 0 unspecified atom stereocenters. The van der Waals surface area contributed by atoms with Gasteiger partial charge in [-0.2, -0.15) is 0 Å². The van der Waals surface area contributed by atoms with Gasteiger partial charge >= 0.3 is 0 Å². The molecule has 0 bridgehead atoms. The number of carbonyl (C=O) groups is 1. The lowest BCUT2D eigenvalue weighted by atomic mass is 10.1. The molecule has 1 aliphatic heterocycles. The number of ether oxygens (including phenoxy) is 1. The summed E-state index contributed by atoms with van der Waals surface area (Å²) in [6.07, 6.45) is 1.86. The predicted molar refractivity (Wildman–Crippen MR) is 116 cm³/mol. The first-order chi connectivity index (χ1) is 14.7. The summed E-state index contributed by atoms with van der Waals surface area (Å²) in [5.41, 5.74) is 1.86. The van der Waals surface area contributed by atoms with Crippen LogP contribution in [0.1, 0.15) is 6.42 Å². The third-order valence-electron chi connectivity index (χ3n) is 5.02. The molecule has 1 saturated heterocycles. The largest absolute Gasteiger partial charge is 0.379 e. The summed E-state index contributed by atoms with van der Waals surface area (Å²) in [4.78, 5) is 24.0. The van der Waals surface area contributed by atoms with Gasteiger partial charge in [-0.05, 0) is 17.7 Å². The lowest BCUT2D eigenvalue weighted by molar-refractivity contribution is -0.120. The monoisotopic (exact) mass is 429 g/mol. The van der Waals surface area contributed by atoms with E-state index in [9.17, 15) is 9.18 Å². The van der Waals surface area contributed by atoms with Crippen LogP contribution in [0.3, 0.4) is 0 Å². The maximum absolute atomic E-state index is 13.3. The summed E-state index contributed by atoms with van der Waals surface area (Å²) < 4.78 is 18.6. The summed E-state index contributed by atoms with van der Waals surface area (Å²) in [5, 5.41) is 9.11. The van der Waals surface area contributed by atoms with Crippen molar-refractivity contribution in [2.24, 2.45) is 0 Å². The standard InChI is InChI=1S/C21H24FN5O2S/c22-16-3-1-15(2-4-16)17-13-30-21-19(17)20(25-14-26-21)24-6-5-18(28)23-7-8-27-9-11-29-12-10-27/h1-4,13-14H,5-12H2,(H,23,28)(H,24,25,26). The third-order valence-corrected chi connectivity index (χ3v) is 5.91. The first-order valence-corrected chi connectivity index (χ1v) is 10.9. The Morgan fingerprint density at radius 2 is 1.97 bits per heavy atom. The number of morpholine rings is 1. The smallest absolute Gasteiger partial charge is 0.221 e. The Bertz CT molecular complexity index is 989. The van der Waals surface area contributed by atoms with Crippen LogP contribution in [0.2, 0.25) is 0 Å². The van der Waals surface area contributed by atoms with Crippen LogP contribution in [0.25, 0.3) is 21.3 Å². The molecular formula is C21H24FN5O2S. The van der Waals surface area contributed by atoms with E-state index in [0.29, 0.717) is 25.3 Å². The number of hydrogen-bond donors (Lipinski definition) is 2. The minimum absolute atomic E-state index is 0.00476. The Hall–Kier alpha value is -2.62. The predicted octanol–water partition coefficient (Wildman–Crippen LogP) is 2.75. The molecule has 3 heterocycles. The van der Waals surface area contributed by atoms with Gasteiger partial charge in [0, 0.05) is 50.1 Å². The van der Waals surface area contributed by atoms with Crippen molar-refractivity contribution in [3.05, 3.63) is 41.8 Å². The highest BCUT2D eigenvalue weighted by molar-refractivity contribution is 7.17. The van der Waals surface area contributed by atoms with Gasteiger partial charge in [0.2, 0.25) is 5.91 Å². The summed E-state index contributed by atoms with van der Waals surface area (Å²) in [6, 6.07) is 6.37. The topological polar surface area (TPSA) is 79.4 Å². The minimum atomic E-state index is -0.271. The van der Waals surface area contributed by atoms with E-state index in [1.54, 1.807) is 12.1 Å². The van der Waals surface area contributed by atoms with Gasteiger partial charge in [0.05, 0.1) is 18.6 Å². The molecule has 9 heteroatoms. The number of fused-ring (bicyclic) bond motifs is 1. The van der Waals surface area contributed by atoms with Crippen molar-refractivity contribution in [3.8, 4) is 11.1 Å². The number of nitrogens with zero attached hydrogens (tertiary/aromatic N) is 3. The second-order valence-corrected chi connectivity index (χ2v) is 7.90. The molecule has 7 nitrogen and oxygen atoms in total. The maximum Gasteiger partial charge on any atom is 0.221 e. The first kappa shape index (κ1) is 20.6. The van der Waals surface area contributed by atoms with Crippen molar-refractivity contribution in [1.29, 1.82) is 0 Å². The average Bonchev–Trinajstić information content (AvgIpc) is 3.20. The molecule has 1 fully saturated rings. The minimum Gasteiger partial charge on any atom is -0.379 e. The van der Waals surface area contributed by atoms with E-state index < -0.39 is 0 Å². The fourth-order valence-electron chi connectivity index (χ4n) is 3.41. The van der Waals surface area contributed by atoms with Crippen LogP contribution in [-0.4, -0.2) is 66.7 Å². The lowest BCUT2D eigenvalue weighted by Gasteiger charge is -2.26. The van der Waals surface area contributed by atoms with Crippen LogP contribution >= 0.6 is 11.3 Å². The van der Waals surface area contributed by atoms with Crippen molar-refractivity contribution < 1.29 is 13.9 Å². The zero-order valence-corrected chi connectivity index (χ0v) is 17.4. The molecule has 0 atom stereocenters. The van der Waals surface area contributed by atoms with Gasteiger partial charge in [0.15, 0.2) is 0 Å². The number of aromatic nitrogens is 2. The van der Waals surface area contributed by atoms with E-state index in [0.717, 1.165) is 54.2 Å². The summed E-state index contributed by atoms with van der Waals surface area (Å²) in [5.74, 6) is 0.416. The molecule has 1 aromatic carbocycles. The number of carbonyl (C=O) groups excluding carboxylic acids is 1. The maximum atomic E-state index is 13.3. The number of anilines is 1. The van der Waals surface area contributed by atoms with Gasteiger partial charge in [0.1, 0.15) is 22.8 Å². The molecule has 0 aliphatic carbocycles. The zero-order valence-electron chi connectivity index (χ0n) is 16.6. The fraction of sp³-hybridized carbons (Fsp3) is 0.381. The van der Waals surface area contributed by atoms with Crippen LogP contribution in [0, 0.1) is 5.82 Å². The molecule has 2 aromatic heterocycles. The second-order valence-electron chi connectivity index (χ2n) is 7.04. The van der Waals surface area contributed by atoms with Gasteiger partial charge in [0.25, 0.3) is 0 Å². The quantitative estimate of drug-likeness (QED) is 0.573. The van der Waals surface area contributed by atoms with Crippen LogP contribution in [-0.2, 0) is 9.53 Å². The molecule has 0 radical (unpaired) electrons. The number of rotatable bonds is 8. The Balaban J connectivity index is 1.33. The van der Waals surface area contributed by atoms with Crippen molar-refractivity contribution >= 4 is 33.3 Å². The number of benzene rings is 1.